The van der Waals surface area contributed by atoms with Gasteiger partial charge >= 0.3 is 0 Å². The second-order valence-corrected chi connectivity index (χ2v) is 14.6. The van der Waals surface area contributed by atoms with Gasteiger partial charge < -0.3 is 9.16 Å². The number of nitrogens with zero attached hydrogens (tertiary/aromatic N) is 2. The number of carbonyl (C=O) groups is 1. The van der Waals surface area contributed by atoms with Crippen molar-refractivity contribution in [3.63, 3.8) is 0 Å². The third kappa shape index (κ3) is 4.64. The number of nitro benzene ring substituents is 1. The molecule has 3 atom stereocenters. The number of thiocarbonyl (C=S) groups is 1. The van der Waals surface area contributed by atoms with Crippen molar-refractivity contribution >= 4 is 48.9 Å². The number of fused-ring (bicyclic) bond motifs is 1. The lowest BCUT2D eigenvalue weighted by atomic mass is 9.92. The first-order chi connectivity index (χ1) is 15.2. The van der Waals surface area contributed by atoms with Crippen molar-refractivity contribution in [3.8, 4) is 0 Å². The molecule has 1 aromatic rings. The molecule has 1 aromatic carbocycles. The van der Waals surface area contributed by atoms with Gasteiger partial charge in [0.15, 0.2) is 8.32 Å². The van der Waals surface area contributed by atoms with Gasteiger partial charge in [-0.3, -0.25) is 19.8 Å². The van der Waals surface area contributed by atoms with Crippen molar-refractivity contribution in [1.29, 1.82) is 0 Å². The molecule has 0 radical (unpaired) electrons. The first kappa shape index (κ1) is 24.9. The zero-order chi connectivity index (χ0) is 23.6. The molecule has 32 heavy (non-hydrogen) atoms. The smallest absolute Gasteiger partial charge is 0.269 e. The van der Waals surface area contributed by atoms with Gasteiger partial charge in [0.25, 0.3) is 5.69 Å². The van der Waals surface area contributed by atoms with Crippen LogP contribution in [0.5, 0.6) is 0 Å². The molecule has 0 N–H and O–H groups in total. The SMILES string of the molecule is CC[Si](CC)(CC)O[C@@H](C)[C@@H]1C(=O)N2C(C(=S)OCc3ccc([N+](=O)[O-])cc3)=C(C)S[C@H]12. The molecular formula is C22H30N2O5S2Si. The van der Waals surface area contributed by atoms with E-state index in [4.69, 9.17) is 21.4 Å². The molecule has 3 rings (SSSR count). The molecule has 2 heterocycles. The van der Waals surface area contributed by atoms with E-state index in [0.717, 1.165) is 28.6 Å². The first-order valence-corrected chi connectivity index (χ1v) is 14.8. The first-order valence-electron chi connectivity index (χ1n) is 11.0. The highest BCUT2D eigenvalue weighted by Crippen LogP contribution is 2.51. The number of nitro groups is 1. The molecule has 0 aliphatic carbocycles. The highest BCUT2D eigenvalue weighted by molar-refractivity contribution is 8.04. The molecule has 0 spiro atoms. The van der Waals surface area contributed by atoms with Crippen LogP contribution in [-0.4, -0.2) is 40.6 Å². The molecule has 2 aliphatic rings. The van der Waals surface area contributed by atoms with E-state index in [-0.39, 0.29) is 40.6 Å². The molecule has 174 valence electrons. The van der Waals surface area contributed by atoms with Crippen molar-refractivity contribution in [2.45, 2.75) is 70.8 Å². The maximum Gasteiger partial charge on any atom is 0.269 e. The van der Waals surface area contributed by atoms with Crippen molar-refractivity contribution in [1.82, 2.24) is 4.90 Å². The van der Waals surface area contributed by atoms with Crippen LogP contribution in [0.1, 0.15) is 40.2 Å². The predicted molar refractivity (Wildman–Crippen MR) is 133 cm³/mol. The van der Waals surface area contributed by atoms with Crippen LogP contribution < -0.4 is 0 Å². The molecule has 1 amide bonds. The zero-order valence-electron chi connectivity index (χ0n) is 19.1. The number of allylic oxidation sites excluding steroid dienone is 1. The summed E-state index contributed by atoms with van der Waals surface area (Å²) in [5, 5.41) is 11.1. The number of rotatable bonds is 10. The summed E-state index contributed by atoms with van der Waals surface area (Å²) in [5.74, 6) is -0.143. The van der Waals surface area contributed by atoms with Gasteiger partial charge in [0.2, 0.25) is 11.0 Å². The van der Waals surface area contributed by atoms with Gasteiger partial charge in [-0.25, -0.2) is 0 Å². The van der Waals surface area contributed by atoms with E-state index in [1.54, 1.807) is 28.8 Å². The van der Waals surface area contributed by atoms with E-state index in [1.807, 2.05) is 13.8 Å². The summed E-state index contributed by atoms with van der Waals surface area (Å²) in [6, 6.07) is 9.31. The Kier molecular flexibility index (Phi) is 7.79. The van der Waals surface area contributed by atoms with Crippen LogP contribution in [0.4, 0.5) is 5.69 Å². The number of benzene rings is 1. The Labute approximate surface area is 199 Å². The van der Waals surface area contributed by atoms with Crippen LogP contribution in [0.2, 0.25) is 18.1 Å². The molecule has 7 nitrogen and oxygen atoms in total. The molecule has 10 heteroatoms. The fourth-order valence-electron chi connectivity index (χ4n) is 4.33. The fraction of sp³-hybridized carbons (Fsp3) is 0.545. The lowest BCUT2D eigenvalue weighted by molar-refractivity contribution is -0.384. The minimum atomic E-state index is -1.80. The molecule has 1 fully saturated rings. The van der Waals surface area contributed by atoms with Gasteiger partial charge in [-0.05, 0) is 61.9 Å². The van der Waals surface area contributed by atoms with E-state index < -0.39 is 13.2 Å². The summed E-state index contributed by atoms with van der Waals surface area (Å²) in [6.45, 7) is 10.7. The molecule has 0 aromatic heterocycles. The Bertz CT molecular complexity index is 924. The van der Waals surface area contributed by atoms with Gasteiger partial charge in [0, 0.05) is 17.0 Å². The van der Waals surface area contributed by atoms with Crippen LogP contribution in [-0.2, 0) is 20.6 Å². The minimum absolute atomic E-state index is 0.00862. The van der Waals surface area contributed by atoms with Gasteiger partial charge in [-0.15, -0.1) is 11.8 Å². The highest BCUT2D eigenvalue weighted by Gasteiger charge is 2.57. The van der Waals surface area contributed by atoms with Gasteiger partial charge in [-0.2, -0.15) is 0 Å². The lowest BCUT2D eigenvalue weighted by Crippen LogP contribution is -2.62. The number of hydrogen-bond acceptors (Lipinski definition) is 7. The Balaban J connectivity index is 1.63. The van der Waals surface area contributed by atoms with Crippen LogP contribution >= 0.6 is 24.0 Å². The number of thioether (sulfide) groups is 1. The van der Waals surface area contributed by atoms with Crippen LogP contribution in [0.3, 0.4) is 0 Å². The van der Waals surface area contributed by atoms with Crippen molar-refractivity contribution < 1.29 is 18.9 Å². The van der Waals surface area contributed by atoms with E-state index >= 15 is 0 Å². The van der Waals surface area contributed by atoms with Gasteiger partial charge in [0.05, 0.1) is 16.9 Å². The maximum absolute atomic E-state index is 13.1. The van der Waals surface area contributed by atoms with Crippen molar-refractivity contribution in [3.05, 3.63) is 50.5 Å². The second-order valence-electron chi connectivity index (χ2n) is 8.21. The Morgan fingerprint density at radius 3 is 2.38 bits per heavy atom. The number of non-ortho nitro benzene ring substituents is 1. The summed E-state index contributed by atoms with van der Waals surface area (Å²) >= 11 is 7.15. The quantitative estimate of drug-likeness (QED) is 0.137. The maximum atomic E-state index is 13.1. The topological polar surface area (TPSA) is 81.9 Å². The Morgan fingerprint density at radius 1 is 1.25 bits per heavy atom. The third-order valence-electron chi connectivity index (χ3n) is 6.54. The summed E-state index contributed by atoms with van der Waals surface area (Å²) in [5.41, 5.74) is 1.46. The average Bonchev–Trinajstić information content (AvgIpc) is 3.08. The summed E-state index contributed by atoms with van der Waals surface area (Å²) < 4.78 is 12.4. The summed E-state index contributed by atoms with van der Waals surface area (Å²) in [6.07, 6.45) is -0.121. The number of β-lactam (4-membered cyclic amide) rings is 1. The van der Waals surface area contributed by atoms with Gasteiger partial charge in [-0.1, -0.05) is 20.8 Å². The second kappa shape index (κ2) is 10.0. The van der Waals surface area contributed by atoms with Crippen LogP contribution in [0.15, 0.2) is 34.9 Å². The van der Waals surface area contributed by atoms with Crippen molar-refractivity contribution in [2.24, 2.45) is 5.92 Å². The van der Waals surface area contributed by atoms with E-state index in [9.17, 15) is 14.9 Å². The predicted octanol–water partition coefficient (Wildman–Crippen LogP) is 5.61. The molecule has 0 saturated carbocycles. The lowest BCUT2D eigenvalue weighted by Gasteiger charge is -2.47. The number of ether oxygens (including phenoxy) is 1. The van der Waals surface area contributed by atoms with Crippen molar-refractivity contribution in [2.75, 3.05) is 0 Å². The molecular weight excluding hydrogens is 464 g/mol. The normalized spacial score (nSPS) is 21.3. The Morgan fingerprint density at radius 2 is 1.84 bits per heavy atom. The minimum Gasteiger partial charge on any atom is -0.477 e. The fourth-order valence-corrected chi connectivity index (χ4v) is 9.10. The van der Waals surface area contributed by atoms with E-state index in [0.29, 0.717) is 5.70 Å². The van der Waals surface area contributed by atoms with E-state index in [2.05, 4.69) is 20.8 Å². The molecule has 2 aliphatic heterocycles. The van der Waals surface area contributed by atoms with Crippen LogP contribution in [0, 0.1) is 16.0 Å². The Hall–Kier alpha value is -1.75. The number of carbonyl (C=O) groups excluding carboxylic acids is 1. The standard InChI is InChI=1S/C22H30N2O5S2Si/c1-6-32(7-2,8-3)29-14(4)18-20(25)23-19(15(5)31-21(18)23)22(30)28-13-16-9-11-17(12-10-16)24(26)27/h9-12,14,18,21H,6-8,13H2,1-5H3/t14-,18+,21+/m0/s1. The number of hydrogen-bond donors (Lipinski definition) is 0. The molecule has 1 saturated heterocycles. The van der Waals surface area contributed by atoms with Gasteiger partial charge in [0.1, 0.15) is 17.7 Å². The third-order valence-corrected chi connectivity index (χ3v) is 12.9. The average molecular weight is 495 g/mol. The summed E-state index contributed by atoms with van der Waals surface area (Å²) in [7, 11) is -1.80. The summed E-state index contributed by atoms with van der Waals surface area (Å²) in [4.78, 5) is 26.2. The zero-order valence-corrected chi connectivity index (χ0v) is 21.8. The monoisotopic (exact) mass is 494 g/mol. The largest absolute Gasteiger partial charge is 0.477 e. The highest BCUT2D eigenvalue weighted by atomic mass is 32.2. The molecule has 0 bridgehead atoms. The number of amides is 1. The molecule has 0 unspecified atom stereocenters. The van der Waals surface area contributed by atoms with E-state index in [1.165, 1.54) is 12.1 Å². The van der Waals surface area contributed by atoms with Crippen LogP contribution in [0.25, 0.3) is 0 Å².